The monoisotopic (exact) mass is 376 g/mol. The molecule has 0 fully saturated rings. The van der Waals surface area contributed by atoms with E-state index in [1.54, 1.807) is 0 Å². The Bertz CT molecular complexity index is 423. The highest BCUT2D eigenvalue weighted by molar-refractivity contribution is 6.37. The van der Waals surface area contributed by atoms with Gasteiger partial charge in [0.15, 0.2) is 0 Å². The van der Waals surface area contributed by atoms with E-state index in [2.05, 4.69) is 9.47 Å². The number of halogens is 12. The van der Waals surface area contributed by atoms with Crippen molar-refractivity contribution in [1.82, 2.24) is 0 Å². The topological polar surface area (TPSA) is 18.5 Å². The SMILES string of the molecule is FC(F)(F)C(F)(F)C1(C(F)(F)C(F)(F)F)OC(Cl)=C(Cl)O1. The van der Waals surface area contributed by atoms with Crippen molar-refractivity contribution in [2.45, 2.75) is 30.0 Å². The molecule has 0 aliphatic carbocycles. The lowest BCUT2D eigenvalue weighted by Gasteiger charge is -2.40. The first-order valence-electron chi connectivity index (χ1n) is 4.33. The van der Waals surface area contributed by atoms with Crippen LogP contribution in [0.15, 0.2) is 10.4 Å². The molecule has 0 saturated heterocycles. The maximum absolute atomic E-state index is 13.2. The molecule has 21 heavy (non-hydrogen) atoms. The van der Waals surface area contributed by atoms with Gasteiger partial charge in [-0.2, -0.15) is 43.9 Å². The van der Waals surface area contributed by atoms with Gasteiger partial charge < -0.3 is 9.47 Å². The van der Waals surface area contributed by atoms with Crippen molar-refractivity contribution in [3.63, 3.8) is 0 Å². The van der Waals surface area contributed by atoms with Crippen LogP contribution in [-0.4, -0.2) is 30.0 Å². The van der Waals surface area contributed by atoms with E-state index in [0.717, 1.165) is 0 Å². The molecule has 0 atom stereocenters. The first-order chi connectivity index (χ1) is 9.01. The zero-order valence-corrected chi connectivity index (χ0v) is 10.4. The van der Waals surface area contributed by atoms with E-state index in [1.165, 1.54) is 0 Å². The molecule has 2 nitrogen and oxygen atoms in total. The molecule has 0 amide bonds. The van der Waals surface area contributed by atoms with E-state index in [9.17, 15) is 43.9 Å². The predicted octanol–water partition coefficient (Wildman–Crippen LogP) is 4.73. The van der Waals surface area contributed by atoms with Crippen LogP contribution in [0, 0.1) is 0 Å². The molecule has 0 N–H and O–H groups in total. The lowest BCUT2D eigenvalue weighted by molar-refractivity contribution is -0.471. The van der Waals surface area contributed by atoms with Gasteiger partial charge in [0.1, 0.15) is 0 Å². The van der Waals surface area contributed by atoms with Crippen LogP contribution in [0.1, 0.15) is 0 Å². The van der Waals surface area contributed by atoms with Crippen LogP contribution in [0.3, 0.4) is 0 Å². The van der Waals surface area contributed by atoms with Crippen molar-refractivity contribution >= 4 is 23.2 Å². The van der Waals surface area contributed by atoms with Gasteiger partial charge in [-0.3, -0.25) is 0 Å². The Morgan fingerprint density at radius 3 is 1.05 bits per heavy atom. The Hall–Kier alpha value is -0.780. The second kappa shape index (κ2) is 4.61. The van der Waals surface area contributed by atoms with Gasteiger partial charge in [-0.1, -0.05) is 0 Å². The molecule has 1 rings (SSSR count). The highest BCUT2D eigenvalue weighted by Gasteiger charge is 2.91. The molecule has 0 aromatic heterocycles. The number of hydrogen-bond acceptors (Lipinski definition) is 2. The second-order valence-electron chi connectivity index (χ2n) is 3.51. The average Bonchev–Trinajstić information content (AvgIpc) is 2.53. The molecule has 1 aliphatic heterocycles. The Labute approximate surface area is 118 Å². The zero-order valence-electron chi connectivity index (χ0n) is 8.85. The van der Waals surface area contributed by atoms with Crippen LogP contribution in [0.4, 0.5) is 43.9 Å². The molecule has 1 heterocycles. The fourth-order valence-electron chi connectivity index (χ4n) is 1.18. The van der Waals surface area contributed by atoms with E-state index >= 15 is 0 Å². The minimum atomic E-state index is -6.89. The minimum absolute atomic E-state index is 1.82. The predicted molar refractivity (Wildman–Crippen MR) is 45.6 cm³/mol. The molecule has 0 bridgehead atoms. The van der Waals surface area contributed by atoms with Crippen LogP contribution in [0.5, 0.6) is 0 Å². The summed E-state index contributed by atoms with van der Waals surface area (Å²) >= 11 is 9.52. The van der Waals surface area contributed by atoms with E-state index < -0.39 is 40.4 Å². The summed E-state index contributed by atoms with van der Waals surface area (Å²) in [6.45, 7) is 0. The van der Waals surface area contributed by atoms with Gasteiger partial charge >= 0.3 is 30.0 Å². The highest BCUT2D eigenvalue weighted by Crippen LogP contribution is 2.61. The molecule has 0 saturated carbocycles. The first-order valence-corrected chi connectivity index (χ1v) is 5.09. The Kier molecular flexibility index (Phi) is 4.01. The summed E-state index contributed by atoms with van der Waals surface area (Å²) in [6.07, 6.45) is -13.8. The van der Waals surface area contributed by atoms with Gasteiger partial charge in [0.25, 0.3) is 0 Å². The summed E-state index contributed by atoms with van der Waals surface area (Å²) in [4.78, 5) is 0. The Morgan fingerprint density at radius 2 is 0.857 bits per heavy atom. The number of ether oxygens (including phenoxy) is 2. The summed E-state index contributed by atoms with van der Waals surface area (Å²) in [6, 6.07) is 0. The summed E-state index contributed by atoms with van der Waals surface area (Å²) in [5.41, 5.74) is 0. The van der Waals surface area contributed by atoms with Crippen LogP contribution < -0.4 is 0 Å². The molecule has 124 valence electrons. The molecule has 0 aromatic rings. The molecule has 0 unspecified atom stereocenters. The largest absolute Gasteiger partial charge is 0.462 e. The van der Waals surface area contributed by atoms with Crippen molar-refractivity contribution in [2.75, 3.05) is 0 Å². The van der Waals surface area contributed by atoms with Gasteiger partial charge in [0.05, 0.1) is 0 Å². The third-order valence-electron chi connectivity index (χ3n) is 2.16. The smallest absolute Gasteiger partial charge is 0.426 e. The van der Waals surface area contributed by atoms with E-state index in [-0.39, 0.29) is 0 Å². The lowest BCUT2D eigenvalue weighted by atomic mass is 9.99. The standard InChI is InChI=1S/C7Cl2F10O2/c8-1-2(9)21-5(20-1,3(10,11)6(14,15)16)4(12,13)7(17,18)19. The molecule has 14 heteroatoms. The normalized spacial score (nSPS) is 20.4. The van der Waals surface area contributed by atoms with E-state index in [4.69, 9.17) is 23.2 Å². The van der Waals surface area contributed by atoms with E-state index in [1.807, 2.05) is 0 Å². The van der Waals surface area contributed by atoms with Crippen LogP contribution in [-0.2, 0) is 9.47 Å². The lowest BCUT2D eigenvalue weighted by Crippen LogP contribution is -2.71. The second-order valence-corrected chi connectivity index (χ2v) is 4.20. The average molecular weight is 377 g/mol. The molecule has 0 radical (unpaired) electrons. The van der Waals surface area contributed by atoms with Gasteiger partial charge in [0.2, 0.25) is 10.4 Å². The van der Waals surface area contributed by atoms with Crippen molar-refractivity contribution < 1.29 is 53.4 Å². The molecular formula is C7Cl2F10O2. The minimum Gasteiger partial charge on any atom is -0.426 e. The maximum Gasteiger partial charge on any atom is 0.462 e. The van der Waals surface area contributed by atoms with Crippen LogP contribution >= 0.6 is 23.2 Å². The first kappa shape index (κ1) is 18.3. The highest BCUT2D eigenvalue weighted by atomic mass is 35.5. The van der Waals surface area contributed by atoms with Crippen LogP contribution in [0.2, 0.25) is 0 Å². The molecule has 0 spiro atoms. The summed E-state index contributed by atoms with van der Waals surface area (Å²) in [5.74, 6) is -19.5. The molecule has 0 aromatic carbocycles. The molecule has 1 aliphatic rings. The number of hydrogen-bond donors (Lipinski definition) is 0. The van der Waals surface area contributed by atoms with Crippen LogP contribution in [0.25, 0.3) is 0 Å². The van der Waals surface area contributed by atoms with Gasteiger partial charge in [0, 0.05) is 0 Å². The van der Waals surface area contributed by atoms with Gasteiger partial charge in [-0.05, 0) is 23.2 Å². The van der Waals surface area contributed by atoms with Gasteiger partial charge in [-0.15, -0.1) is 0 Å². The fraction of sp³-hybridized carbons (Fsp3) is 0.714. The third kappa shape index (κ3) is 2.35. The molecular weight excluding hydrogens is 377 g/mol. The van der Waals surface area contributed by atoms with Crippen molar-refractivity contribution in [2.24, 2.45) is 0 Å². The van der Waals surface area contributed by atoms with E-state index in [0.29, 0.717) is 0 Å². The quantitative estimate of drug-likeness (QED) is 0.648. The Balaban J connectivity index is 3.57. The number of rotatable bonds is 2. The summed E-state index contributed by atoms with van der Waals surface area (Å²) < 4.78 is 132. The van der Waals surface area contributed by atoms with Crippen molar-refractivity contribution in [3.05, 3.63) is 10.4 Å². The van der Waals surface area contributed by atoms with Crippen molar-refractivity contribution in [1.29, 1.82) is 0 Å². The fourth-order valence-corrected chi connectivity index (χ4v) is 1.47. The summed E-state index contributed by atoms with van der Waals surface area (Å²) in [7, 11) is 0. The Morgan fingerprint density at radius 1 is 0.619 bits per heavy atom. The maximum atomic E-state index is 13.2. The van der Waals surface area contributed by atoms with Crippen molar-refractivity contribution in [3.8, 4) is 0 Å². The third-order valence-corrected chi connectivity index (χ3v) is 2.75. The summed E-state index contributed by atoms with van der Waals surface area (Å²) in [5, 5.41) is -3.63. The van der Waals surface area contributed by atoms with Gasteiger partial charge in [-0.25, -0.2) is 0 Å². The zero-order chi connectivity index (χ0) is 17.1. The number of alkyl halides is 10.